The number of hydrogen-bond acceptors (Lipinski definition) is 3. The lowest BCUT2D eigenvalue weighted by molar-refractivity contribution is -0.112. The lowest BCUT2D eigenvalue weighted by Crippen LogP contribution is -2.14. The number of halogens is 3. The van der Waals surface area contributed by atoms with Crippen LogP contribution >= 0.6 is 34.8 Å². The molecule has 0 aliphatic rings. The Labute approximate surface area is 148 Å². The molecule has 0 bridgehead atoms. The first kappa shape index (κ1) is 17.2. The summed E-state index contributed by atoms with van der Waals surface area (Å²) in [5, 5.41) is 15.8. The molecule has 4 nitrogen and oxygen atoms in total. The summed E-state index contributed by atoms with van der Waals surface area (Å²) in [6.45, 7) is 0. The summed E-state index contributed by atoms with van der Waals surface area (Å²) >= 11 is 17.5. The van der Waals surface area contributed by atoms with E-state index in [-0.39, 0.29) is 5.57 Å². The first-order chi connectivity index (χ1) is 11.0. The van der Waals surface area contributed by atoms with E-state index >= 15 is 0 Å². The predicted octanol–water partition coefficient (Wildman–Crippen LogP) is 5.10. The maximum absolute atomic E-state index is 12.1. The standard InChI is InChI=1S/C16H10Cl3N3O/c17-11-1-3-12(4-2-11)21-9-10(8-20)16(23)22-13-5-6-14(18)15(19)7-13/h1-7,9,21H,(H,22,23)/b10-9-. The molecule has 2 aromatic rings. The van der Waals surface area contributed by atoms with Crippen molar-refractivity contribution in [3.63, 3.8) is 0 Å². The maximum atomic E-state index is 12.1. The molecule has 0 saturated carbocycles. The van der Waals surface area contributed by atoms with Gasteiger partial charge in [0.1, 0.15) is 11.6 Å². The summed E-state index contributed by atoms with van der Waals surface area (Å²) in [6.07, 6.45) is 1.32. The van der Waals surface area contributed by atoms with Crippen LogP contribution in [-0.2, 0) is 4.79 Å². The molecule has 0 radical (unpaired) electrons. The van der Waals surface area contributed by atoms with Crippen molar-refractivity contribution in [2.75, 3.05) is 10.6 Å². The van der Waals surface area contributed by atoms with Gasteiger partial charge in [0.2, 0.25) is 0 Å². The molecule has 2 N–H and O–H groups in total. The van der Waals surface area contributed by atoms with Crippen LogP contribution in [0.3, 0.4) is 0 Å². The van der Waals surface area contributed by atoms with Crippen LogP contribution in [0.15, 0.2) is 54.2 Å². The quantitative estimate of drug-likeness (QED) is 0.584. The Hall–Kier alpha value is -2.19. The zero-order valence-electron chi connectivity index (χ0n) is 11.6. The van der Waals surface area contributed by atoms with Crippen molar-refractivity contribution in [3.8, 4) is 6.07 Å². The maximum Gasteiger partial charge on any atom is 0.267 e. The molecule has 23 heavy (non-hydrogen) atoms. The summed E-state index contributed by atoms with van der Waals surface area (Å²) in [4.78, 5) is 12.1. The first-order valence-corrected chi connectivity index (χ1v) is 7.52. The molecule has 116 valence electrons. The number of carbonyl (C=O) groups is 1. The van der Waals surface area contributed by atoms with Crippen molar-refractivity contribution >= 4 is 52.1 Å². The van der Waals surface area contributed by atoms with E-state index in [1.807, 2.05) is 6.07 Å². The highest BCUT2D eigenvalue weighted by atomic mass is 35.5. The smallest absolute Gasteiger partial charge is 0.267 e. The second-order valence-electron chi connectivity index (χ2n) is 4.40. The van der Waals surface area contributed by atoms with Crippen LogP contribution < -0.4 is 10.6 Å². The molecule has 0 unspecified atom stereocenters. The zero-order valence-corrected chi connectivity index (χ0v) is 13.9. The Kier molecular flexibility index (Phi) is 5.89. The molecule has 1 amide bonds. The lowest BCUT2D eigenvalue weighted by Gasteiger charge is -2.06. The average Bonchev–Trinajstić information content (AvgIpc) is 2.53. The van der Waals surface area contributed by atoms with E-state index in [2.05, 4.69) is 10.6 Å². The molecule has 2 rings (SSSR count). The summed E-state index contributed by atoms with van der Waals surface area (Å²) < 4.78 is 0. The van der Waals surface area contributed by atoms with Gasteiger partial charge in [-0.3, -0.25) is 4.79 Å². The molecule has 7 heteroatoms. The Balaban J connectivity index is 2.08. The molecule has 0 aliphatic carbocycles. The van der Waals surface area contributed by atoms with E-state index < -0.39 is 5.91 Å². The minimum Gasteiger partial charge on any atom is -0.360 e. The van der Waals surface area contributed by atoms with Gasteiger partial charge in [0.25, 0.3) is 5.91 Å². The Morgan fingerprint density at radius 2 is 1.65 bits per heavy atom. The molecule has 2 aromatic carbocycles. The molecule has 0 spiro atoms. The van der Waals surface area contributed by atoms with Crippen LogP contribution in [-0.4, -0.2) is 5.91 Å². The fraction of sp³-hybridized carbons (Fsp3) is 0. The predicted molar refractivity (Wildman–Crippen MR) is 93.9 cm³/mol. The van der Waals surface area contributed by atoms with Gasteiger partial charge in [0.15, 0.2) is 0 Å². The number of anilines is 2. The third kappa shape index (κ3) is 4.90. The Bertz CT molecular complexity index is 795. The number of nitrogens with one attached hydrogen (secondary N) is 2. The number of benzene rings is 2. The van der Waals surface area contributed by atoms with Gasteiger partial charge in [-0.2, -0.15) is 5.26 Å². The van der Waals surface area contributed by atoms with Crippen LogP contribution in [0.4, 0.5) is 11.4 Å². The third-order valence-electron chi connectivity index (χ3n) is 2.77. The van der Waals surface area contributed by atoms with Crippen molar-refractivity contribution in [1.29, 1.82) is 5.26 Å². The minimum atomic E-state index is -0.563. The number of rotatable bonds is 4. The van der Waals surface area contributed by atoms with Crippen molar-refractivity contribution < 1.29 is 4.79 Å². The number of nitriles is 1. The third-order valence-corrected chi connectivity index (χ3v) is 3.76. The summed E-state index contributed by atoms with van der Waals surface area (Å²) in [5.41, 5.74) is 1.05. The number of carbonyl (C=O) groups excluding carboxylic acids is 1. The highest BCUT2D eigenvalue weighted by molar-refractivity contribution is 6.42. The number of nitrogens with zero attached hydrogens (tertiary/aromatic N) is 1. The molecule has 0 fully saturated rings. The topological polar surface area (TPSA) is 64.9 Å². The second-order valence-corrected chi connectivity index (χ2v) is 5.65. The van der Waals surface area contributed by atoms with E-state index in [4.69, 9.17) is 40.1 Å². The van der Waals surface area contributed by atoms with Gasteiger partial charge in [-0.1, -0.05) is 34.8 Å². The van der Waals surface area contributed by atoms with Crippen molar-refractivity contribution in [2.24, 2.45) is 0 Å². The van der Waals surface area contributed by atoms with E-state index in [9.17, 15) is 4.79 Å². The van der Waals surface area contributed by atoms with Gasteiger partial charge in [-0.05, 0) is 42.5 Å². The largest absolute Gasteiger partial charge is 0.360 e. The van der Waals surface area contributed by atoms with Crippen LogP contribution in [0.2, 0.25) is 15.1 Å². The molecule has 0 atom stereocenters. The van der Waals surface area contributed by atoms with Crippen LogP contribution in [0.1, 0.15) is 0 Å². The van der Waals surface area contributed by atoms with E-state index in [0.29, 0.717) is 26.4 Å². The van der Waals surface area contributed by atoms with Crippen LogP contribution in [0, 0.1) is 11.3 Å². The van der Waals surface area contributed by atoms with E-state index in [1.165, 1.54) is 12.3 Å². The van der Waals surface area contributed by atoms with Gasteiger partial charge in [0.05, 0.1) is 10.0 Å². The van der Waals surface area contributed by atoms with E-state index in [1.54, 1.807) is 36.4 Å². The van der Waals surface area contributed by atoms with Gasteiger partial charge >= 0.3 is 0 Å². The number of hydrogen-bond donors (Lipinski definition) is 2. The molecular weight excluding hydrogens is 357 g/mol. The first-order valence-electron chi connectivity index (χ1n) is 6.38. The van der Waals surface area contributed by atoms with Crippen LogP contribution in [0.5, 0.6) is 0 Å². The molecule has 0 aromatic heterocycles. The lowest BCUT2D eigenvalue weighted by atomic mass is 10.2. The highest BCUT2D eigenvalue weighted by Gasteiger charge is 2.10. The highest BCUT2D eigenvalue weighted by Crippen LogP contribution is 2.25. The van der Waals surface area contributed by atoms with Crippen LogP contribution in [0.25, 0.3) is 0 Å². The average molecular weight is 367 g/mol. The minimum absolute atomic E-state index is 0.0916. The summed E-state index contributed by atoms with van der Waals surface area (Å²) in [6, 6.07) is 13.3. The van der Waals surface area contributed by atoms with Crippen molar-refractivity contribution in [1.82, 2.24) is 0 Å². The van der Waals surface area contributed by atoms with Gasteiger partial charge in [-0.15, -0.1) is 0 Å². The fourth-order valence-corrected chi connectivity index (χ4v) is 2.05. The second kappa shape index (κ2) is 7.89. The molecule has 0 saturated heterocycles. The monoisotopic (exact) mass is 365 g/mol. The Morgan fingerprint density at radius 3 is 2.26 bits per heavy atom. The van der Waals surface area contributed by atoms with Gasteiger partial charge < -0.3 is 10.6 Å². The van der Waals surface area contributed by atoms with Crippen molar-refractivity contribution in [2.45, 2.75) is 0 Å². The van der Waals surface area contributed by atoms with E-state index in [0.717, 1.165) is 0 Å². The normalized spacial score (nSPS) is 10.8. The molecular formula is C16H10Cl3N3O. The SMILES string of the molecule is N#C/C(=C/Nc1ccc(Cl)cc1)C(=O)Nc1ccc(Cl)c(Cl)c1. The number of amides is 1. The molecule has 0 heterocycles. The van der Waals surface area contributed by atoms with Gasteiger partial charge in [-0.25, -0.2) is 0 Å². The van der Waals surface area contributed by atoms with Crippen molar-refractivity contribution in [3.05, 3.63) is 69.3 Å². The Morgan fingerprint density at radius 1 is 1.00 bits per heavy atom. The summed E-state index contributed by atoms with van der Waals surface area (Å²) in [7, 11) is 0. The zero-order chi connectivity index (χ0) is 16.8. The summed E-state index contributed by atoms with van der Waals surface area (Å²) in [5.74, 6) is -0.563. The van der Waals surface area contributed by atoms with Gasteiger partial charge in [0, 0.05) is 22.6 Å². The molecule has 0 aliphatic heterocycles. The fourth-order valence-electron chi connectivity index (χ4n) is 1.62.